The maximum absolute atomic E-state index is 16.1. The number of hydrogen-bond acceptors (Lipinski definition) is 5. The van der Waals surface area contributed by atoms with Crippen molar-refractivity contribution in [3.63, 3.8) is 0 Å². The zero-order chi connectivity index (χ0) is 31.8. The van der Waals surface area contributed by atoms with E-state index >= 15 is 4.39 Å². The van der Waals surface area contributed by atoms with Gasteiger partial charge in [-0.3, -0.25) is 10.1 Å². The van der Waals surface area contributed by atoms with Crippen LogP contribution >= 0.6 is 0 Å². The number of alkyl halides is 1. The summed E-state index contributed by atoms with van der Waals surface area (Å²) in [6.45, 7) is 3.11. The molecular formula is C37H51FN4O3. The van der Waals surface area contributed by atoms with E-state index in [1.165, 1.54) is 38.5 Å². The van der Waals surface area contributed by atoms with Gasteiger partial charge < -0.3 is 18.9 Å². The number of carbonyl (C=O) groups excluding carboxylic acids is 1. The van der Waals surface area contributed by atoms with Gasteiger partial charge in [-0.05, 0) is 73.1 Å². The molecule has 2 aromatic carbocycles. The molecule has 7 nitrogen and oxygen atoms in total. The molecule has 3 atom stereocenters. The number of hydrogen-bond donors (Lipinski definition) is 1. The molecule has 2 aliphatic rings. The van der Waals surface area contributed by atoms with Gasteiger partial charge in [-0.15, -0.1) is 0 Å². The number of ether oxygens (including phenoxy) is 2. The largest absolute Gasteiger partial charge is 0.497 e. The van der Waals surface area contributed by atoms with Crippen LogP contribution in [0.1, 0.15) is 111 Å². The summed E-state index contributed by atoms with van der Waals surface area (Å²) in [6.07, 6.45) is 16.7. The lowest BCUT2D eigenvalue weighted by atomic mass is 9.65. The third-order valence-electron chi connectivity index (χ3n) is 10.1. The van der Waals surface area contributed by atoms with Crippen LogP contribution in [-0.2, 0) is 13.1 Å². The monoisotopic (exact) mass is 618 g/mol. The predicted octanol–water partition coefficient (Wildman–Crippen LogP) is 7.88. The maximum atomic E-state index is 16.1. The third-order valence-corrected chi connectivity index (χ3v) is 10.1. The topological polar surface area (TPSA) is 68.6 Å². The fraction of sp³-hybridized carbons (Fsp3) is 0.568. The second kappa shape index (κ2) is 15.3. The van der Waals surface area contributed by atoms with Crippen molar-refractivity contribution in [2.75, 3.05) is 21.3 Å². The highest BCUT2D eigenvalue weighted by molar-refractivity contribution is 5.94. The molecular weight excluding hydrogens is 567 g/mol. The van der Waals surface area contributed by atoms with Crippen LogP contribution in [0.3, 0.4) is 0 Å². The van der Waals surface area contributed by atoms with Gasteiger partial charge in [-0.2, -0.15) is 0 Å². The Balaban J connectivity index is 1.45. The number of methoxy groups -OCH3 is 2. The number of aromatic nitrogens is 2. The molecule has 1 saturated carbocycles. The van der Waals surface area contributed by atoms with Crippen LogP contribution in [-0.4, -0.2) is 54.0 Å². The van der Waals surface area contributed by atoms with Crippen molar-refractivity contribution in [3.05, 3.63) is 77.4 Å². The summed E-state index contributed by atoms with van der Waals surface area (Å²) in [6, 6.07) is 11.9. The lowest BCUT2D eigenvalue weighted by Crippen LogP contribution is -2.54. The van der Waals surface area contributed by atoms with Crippen LogP contribution in [0.15, 0.2) is 55.1 Å². The van der Waals surface area contributed by atoms with E-state index in [4.69, 9.17) is 9.47 Å². The molecule has 2 heterocycles. The fourth-order valence-electron chi connectivity index (χ4n) is 7.51. The summed E-state index contributed by atoms with van der Waals surface area (Å²) in [7, 11) is 5.07. The Hall–Kier alpha value is -3.39. The number of nitrogens with zero attached hydrogens (tertiary/aromatic N) is 3. The van der Waals surface area contributed by atoms with E-state index in [9.17, 15) is 4.79 Å². The first-order valence-electron chi connectivity index (χ1n) is 16.8. The lowest BCUT2D eigenvalue weighted by Gasteiger charge is -2.48. The number of carbonyl (C=O) groups is 1. The number of benzene rings is 2. The molecule has 1 saturated heterocycles. The van der Waals surface area contributed by atoms with Crippen molar-refractivity contribution in [3.8, 4) is 11.5 Å². The second-order valence-corrected chi connectivity index (χ2v) is 13.4. The zero-order valence-electron chi connectivity index (χ0n) is 27.6. The first kappa shape index (κ1) is 33.0. The van der Waals surface area contributed by atoms with Crippen molar-refractivity contribution >= 4 is 5.91 Å². The van der Waals surface area contributed by atoms with Gasteiger partial charge in [-0.25, -0.2) is 9.37 Å². The highest BCUT2D eigenvalue weighted by Crippen LogP contribution is 2.49. The minimum absolute atomic E-state index is 0.0442. The fourth-order valence-corrected chi connectivity index (χ4v) is 7.51. The van der Waals surface area contributed by atoms with Crippen molar-refractivity contribution < 1.29 is 18.7 Å². The number of amides is 1. The average Bonchev–Trinajstić information content (AvgIpc) is 3.53. The van der Waals surface area contributed by atoms with Crippen molar-refractivity contribution in [1.29, 1.82) is 0 Å². The summed E-state index contributed by atoms with van der Waals surface area (Å²) < 4.78 is 29.0. The molecule has 1 spiro atoms. The molecule has 0 bridgehead atoms. The van der Waals surface area contributed by atoms with Gasteiger partial charge in [-0.1, -0.05) is 57.4 Å². The van der Waals surface area contributed by atoms with Crippen LogP contribution in [0.25, 0.3) is 0 Å². The van der Waals surface area contributed by atoms with E-state index in [0.29, 0.717) is 30.2 Å². The predicted molar refractivity (Wildman–Crippen MR) is 177 cm³/mol. The Labute approximate surface area is 268 Å². The zero-order valence-corrected chi connectivity index (χ0v) is 27.6. The third kappa shape index (κ3) is 8.26. The number of imidazole rings is 1. The first-order valence-corrected chi connectivity index (χ1v) is 16.8. The average molecular weight is 619 g/mol. The smallest absolute Gasteiger partial charge is 0.253 e. The Morgan fingerprint density at radius 3 is 2.20 bits per heavy atom. The first-order chi connectivity index (χ1) is 21.8. The molecule has 5 rings (SSSR count). The Bertz CT molecular complexity index is 1360. The normalized spacial score (nSPS) is 22.4. The number of halogens is 1. The summed E-state index contributed by atoms with van der Waals surface area (Å²) >= 11 is 0. The van der Waals surface area contributed by atoms with E-state index in [0.717, 1.165) is 48.8 Å². The number of nitrogens with one attached hydrogen (secondary N) is 1. The molecule has 244 valence electrons. The Kier molecular flexibility index (Phi) is 11.2. The summed E-state index contributed by atoms with van der Waals surface area (Å²) in [4.78, 5) is 20.0. The molecule has 1 aliphatic heterocycles. The van der Waals surface area contributed by atoms with Crippen LogP contribution < -0.4 is 14.8 Å². The number of piperidine rings is 1. The molecule has 0 radical (unpaired) electrons. The SMILES string of the molecule is COc1cc(CN(C)C(=O)c2cc(Cn3ccnc3)cc(C3CC4(CCCCCCCCCC4)C(F)NC3C)c2)cc(OC)c1. The van der Waals surface area contributed by atoms with Gasteiger partial charge in [0.1, 0.15) is 11.5 Å². The maximum Gasteiger partial charge on any atom is 0.253 e. The van der Waals surface area contributed by atoms with E-state index in [1.54, 1.807) is 31.6 Å². The number of rotatable bonds is 8. The van der Waals surface area contributed by atoms with Crippen LogP contribution in [0, 0.1) is 5.41 Å². The van der Waals surface area contributed by atoms with Crippen molar-refractivity contribution in [1.82, 2.24) is 19.8 Å². The lowest BCUT2D eigenvalue weighted by molar-refractivity contribution is -0.00756. The van der Waals surface area contributed by atoms with Crippen molar-refractivity contribution in [2.24, 2.45) is 5.41 Å². The Morgan fingerprint density at radius 2 is 1.60 bits per heavy atom. The van der Waals surface area contributed by atoms with Gasteiger partial charge in [0, 0.05) is 55.6 Å². The van der Waals surface area contributed by atoms with Gasteiger partial charge in [0.05, 0.1) is 20.5 Å². The van der Waals surface area contributed by atoms with Gasteiger partial charge >= 0.3 is 0 Å². The van der Waals surface area contributed by atoms with Gasteiger partial charge in [0.2, 0.25) is 0 Å². The summed E-state index contributed by atoms with van der Waals surface area (Å²) in [5, 5.41) is 3.38. The van der Waals surface area contributed by atoms with E-state index < -0.39 is 6.30 Å². The van der Waals surface area contributed by atoms with E-state index in [2.05, 4.69) is 29.4 Å². The van der Waals surface area contributed by atoms with E-state index in [-0.39, 0.29) is 23.3 Å². The molecule has 8 heteroatoms. The molecule has 1 amide bonds. The standard InChI is InChI=1S/C37H51FN4O3/c1-27-34(23-37(36(38)40-27)13-11-9-7-5-6-8-10-12-14-37)30-17-28(25-42-16-15-39-26-42)18-31(21-30)35(43)41(2)24-29-19-32(44-3)22-33(20-29)45-4/h15-22,26-27,34,36,40H,5-14,23-25H2,1-4H3. The van der Waals surface area contributed by atoms with E-state index in [1.807, 2.05) is 42.1 Å². The quantitative estimate of drug-likeness (QED) is 0.260. The van der Waals surface area contributed by atoms with Gasteiger partial charge in [0.25, 0.3) is 5.91 Å². The highest BCUT2D eigenvalue weighted by Gasteiger charge is 2.46. The minimum Gasteiger partial charge on any atom is -0.497 e. The summed E-state index contributed by atoms with van der Waals surface area (Å²) in [5.41, 5.74) is 3.33. The molecule has 3 aromatic rings. The Morgan fingerprint density at radius 1 is 0.956 bits per heavy atom. The molecule has 2 fully saturated rings. The van der Waals surface area contributed by atoms with Gasteiger partial charge in [0.15, 0.2) is 6.30 Å². The molecule has 1 aliphatic carbocycles. The van der Waals surface area contributed by atoms with Crippen LogP contribution in [0.5, 0.6) is 11.5 Å². The molecule has 45 heavy (non-hydrogen) atoms. The second-order valence-electron chi connectivity index (χ2n) is 13.4. The van der Waals surface area contributed by atoms with Crippen molar-refractivity contribution in [2.45, 2.75) is 109 Å². The minimum atomic E-state index is -1.01. The summed E-state index contributed by atoms with van der Waals surface area (Å²) in [5.74, 6) is 1.41. The van der Waals surface area contributed by atoms with Crippen LogP contribution in [0.4, 0.5) is 4.39 Å². The highest BCUT2D eigenvalue weighted by atomic mass is 19.1. The van der Waals surface area contributed by atoms with Crippen LogP contribution in [0.2, 0.25) is 0 Å². The molecule has 3 unspecified atom stereocenters. The molecule has 1 aromatic heterocycles. The molecule has 1 N–H and O–H groups in total.